The summed E-state index contributed by atoms with van der Waals surface area (Å²) >= 11 is 0. The fourth-order valence-corrected chi connectivity index (χ4v) is 2.80. The predicted molar refractivity (Wildman–Crippen MR) is 77.0 cm³/mol. The summed E-state index contributed by atoms with van der Waals surface area (Å²) < 4.78 is 66.6. The van der Waals surface area contributed by atoms with E-state index in [0.29, 0.717) is 6.07 Å². The first-order valence-electron chi connectivity index (χ1n) is 6.20. The average molecular weight is 362 g/mol. The Morgan fingerprint density at radius 3 is 2.25 bits per heavy atom. The molecule has 0 aliphatic carbocycles. The van der Waals surface area contributed by atoms with E-state index >= 15 is 0 Å². The molecule has 0 heterocycles. The maximum atomic E-state index is 12.2. The van der Waals surface area contributed by atoms with Gasteiger partial charge in [-0.1, -0.05) is 6.07 Å². The first-order chi connectivity index (χ1) is 11.1. The van der Waals surface area contributed by atoms with Gasteiger partial charge in [-0.25, -0.2) is 8.42 Å². The zero-order chi connectivity index (χ0) is 18.0. The van der Waals surface area contributed by atoms with Gasteiger partial charge in [0.05, 0.1) is 9.82 Å². The van der Waals surface area contributed by atoms with Gasteiger partial charge in [-0.05, 0) is 24.3 Å². The van der Waals surface area contributed by atoms with Crippen molar-refractivity contribution in [1.82, 2.24) is 0 Å². The van der Waals surface area contributed by atoms with E-state index in [1.807, 2.05) is 0 Å². The van der Waals surface area contributed by atoms with E-state index in [-0.39, 0.29) is 11.4 Å². The fourth-order valence-electron chi connectivity index (χ4n) is 1.70. The van der Waals surface area contributed by atoms with Crippen molar-refractivity contribution in [2.75, 3.05) is 4.72 Å². The highest BCUT2D eigenvalue weighted by Gasteiger charge is 2.31. The number of hydrogen-bond acceptors (Lipinski definition) is 5. The lowest BCUT2D eigenvalue weighted by Gasteiger charge is -2.11. The summed E-state index contributed by atoms with van der Waals surface area (Å²) in [5, 5.41) is 10.5. The van der Waals surface area contributed by atoms with E-state index in [0.717, 1.165) is 42.5 Å². The Kier molecular flexibility index (Phi) is 4.64. The molecule has 0 atom stereocenters. The van der Waals surface area contributed by atoms with Crippen LogP contribution in [0.1, 0.15) is 0 Å². The summed E-state index contributed by atoms with van der Waals surface area (Å²) in [7, 11) is -4.19. The Morgan fingerprint density at radius 2 is 1.71 bits per heavy atom. The Bertz CT molecular complexity index is 851. The van der Waals surface area contributed by atoms with E-state index < -0.39 is 32.0 Å². The molecule has 0 saturated carbocycles. The molecule has 2 aromatic carbocycles. The average Bonchev–Trinajstić information content (AvgIpc) is 2.46. The molecule has 0 bridgehead atoms. The zero-order valence-electron chi connectivity index (χ0n) is 11.6. The number of nitro groups is 1. The minimum Gasteiger partial charge on any atom is -0.406 e. The smallest absolute Gasteiger partial charge is 0.406 e. The summed E-state index contributed by atoms with van der Waals surface area (Å²) in [6.45, 7) is 0. The third-order valence-corrected chi connectivity index (χ3v) is 4.06. The molecule has 0 saturated heterocycles. The minimum absolute atomic E-state index is 0.0164. The van der Waals surface area contributed by atoms with Gasteiger partial charge in [-0.3, -0.25) is 14.8 Å². The number of nitrogens with zero attached hydrogens (tertiary/aromatic N) is 1. The molecule has 2 rings (SSSR count). The number of hydrogen-bond donors (Lipinski definition) is 1. The number of alkyl halides is 3. The Morgan fingerprint density at radius 1 is 1.08 bits per heavy atom. The molecule has 0 amide bonds. The summed E-state index contributed by atoms with van der Waals surface area (Å²) in [6.07, 6.45) is -4.95. The zero-order valence-corrected chi connectivity index (χ0v) is 12.5. The quantitative estimate of drug-likeness (QED) is 0.650. The van der Waals surface area contributed by atoms with Crippen LogP contribution in [0.15, 0.2) is 53.4 Å². The van der Waals surface area contributed by atoms with Gasteiger partial charge in [0, 0.05) is 23.9 Å². The summed E-state index contributed by atoms with van der Waals surface area (Å²) in [6, 6.07) is 8.32. The van der Waals surface area contributed by atoms with Crippen LogP contribution in [0, 0.1) is 10.1 Å². The summed E-state index contributed by atoms with van der Waals surface area (Å²) in [5.74, 6) is -0.686. The number of nitrogens with one attached hydrogen (secondary N) is 1. The van der Waals surface area contributed by atoms with Crippen LogP contribution in [-0.2, 0) is 10.0 Å². The van der Waals surface area contributed by atoms with Gasteiger partial charge in [0.1, 0.15) is 5.75 Å². The molecule has 0 aliphatic heterocycles. The van der Waals surface area contributed by atoms with E-state index in [4.69, 9.17) is 0 Å². The number of ether oxygens (including phenoxy) is 1. The lowest BCUT2D eigenvalue weighted by Crippen LogP contribution is -2.18. The summed E-state index contributed by atoms with van der Waals surface area (Å²) in [5.41, 5.74) is -0.221. The van der Waals surface area contributed by atoms with Crippen molar-refractivity contribution in [1.29, 1.82) is 0 Å². The highest BCUT2D eigenvalue weighted by Crippen LogP contribution is 2.26. The molecule has 11 heteroatoms. The second kappa shape index (κ2) is 6.35. The molecule has 7 nitrogen and oxygen atoms in total. The molecule has 0 unspecified atom stereocenters. The van der Waals surface area contributed by atoms with Crippen LogP contribution < -0.4 is 9.46 Å². The van der Waals surface area contributed by atoms with E-state index in [2.05, 4.69) is 9.46 Å². The molecule has 0 spiro atoms. The first kappa shape index (κ1) is 17.5. The number of benzene rings is 2. The molecule has 0 fully saturated rings. The number of halogens is 3. The molecule has 128 valence electrons. The molecule has 0 aromatic heterocycles. The van der Waals surface area contributed by atoms with Crippen molar-refractivity contribution in [3.63, 3.8) is 0 Å². The summed E-state index contributed by atoms with van der Waals surface area (Å²) in [4.78, 5) is 9.42. The fraction of sp³-hybridized carbons (Fsp3) is 0.0769. The lowest BCUT2D eigenvalue weighted by atomic mass is 10.3. The molecule has 0 aliphatic rings. The van der Waals surface area contributed by atoms with Gasteiger partial charge in [-0.2, -0.15) is 0 Å². The minimum atomic E-state index is -4.95. The van der Waals surface area contributed by atoms with Crippen molar-refractivity contribution in [3.05, 3.63) is 58.6 Å². The van der Waals surface area contributed by atoms with Crippen LogP contribution in [0.3, 0.4) is 0 Å². The van der Waals surface area contributed by atoms with Crippen molar-refractivity contribution >= 4 is 21.4 Å². The van der Waals surface area contributed by atoms with Crippen molar-refractivity contribution in [3.8, 4) is 5.75 Å². The van der Waals surface area contributed by atoms with Gasteiger partial charge >= 0.3 is 6.36 Å². The normalized spacial score (nSPS) is 11.8. The van der Waals surface area contributed by atoms with Gasteiger partial charge in [0.15, 0.2) is 0 Å². The second-order valence-electron chi connectivity index (χ2n) is 4.43. The van der Waals surface area contributed by atoms with Crippen LogP contribution in [0.5, 0.6) is 5.75 Å². The van der Waals surface area contributed by atoms with Crippen molar-refractivity contribution < 1.29 is 31.2 Å². The number of nitro benzene ring substituents is 1. The van der Waals surface area contributed by atoms with E-state index in [9.17, 15) is 31.7 Å². The topological polar surface area (TPSA) is 98.5 Å². The SMILES string of the molecule is O=[N+]([O-])c1ccc(NS(=O)(=O)c2cccc(OC(F)(F)F)c2)cc1. The third kappa shape index (κ3) is 4.59. The first-order valence-corrected chi connectivity index (χ1v) is 7.68. The molecule has 1 N–H and O–H groups in total. The highest BCUT2D eigenvalue weighted by molar-refractivity contribution is 7.92. The number of anilines is 1. The predicted octanol–water partition coefficient (Wildman–Crippen LogP) is 3.29. The van der Waals surface area contributed by atoms with Crippen molar-refractivity contribution in [2.24, 2.45) is 0 Å². The van der Waals surface area contributed by atoms with E-state index in [1.165, 1.54) is 0 Å². The largest absolute Gasteiger partial charge is 0.573 e. The van der Waals surface area contributed by atoms with Crippen LogP contribution in [-0.4, -0.2) is 19.7 Å². The monoisotopic (exact) mass is 362 g/mol. The van der Waals surface area contributed by atoms with Gasteiger partial charge in [-0.15, -0.1) is 13.2 Å². The number of sulfonamides is 1. The van der Waals surface area contributed by atoms with Crippen LogP contribution in [0.25, 0.3) is 0 Å². The lowest BCUT2D eigenvalue weighted by molar-refractivity contribution is -0.384. The molecule has 2 aromatic rings. The molecular weight excluding hydrogens is 353 g/mol. The van der Waals surface area contributed by atoms with Crippen LogP contribution >= 0.6 is 0 Å². The van der Waals surface area contributed by atoms with E-state index in [1.54, 1.807) is 0 Å². The maximum absolute atomic E-state index is 12.2. The second-order valence-corrected chi connectivity index (χ2v) is 6.11. The maximum Gasteiger partial charge on any atom is 0.573 e. The third-order valence-electron chi connectivity index (χ3n) is 2.68. The van der Waals surface area contributed by atoms with Crippen LogP contribution in [0.2, 0.25) is 0 Å². The molecule has 24 heavy (non-hydrogen) atoms. The standard InChI is InChI=1S/C13H9F3N2O5S/c14-13(15,16)23-11-2-1-3-12(8-11)24(21,22)17-9-4-6-10(7-5-9)18(19)20/h1-8,17H. The number of rotatable bonds is 5. The Labute approximate surface area is 133 Å². The van der Waals surface area contributed by atoms with Crippen molar-refractivity contribution in [2.45, 2.75) is 11.3 Å². The van der Waals surface area contributed by atoms with Gasteiger partial charge in [0.2, 0.25) is 0 Å². The van der Waals surface area contributed by atoms with Gasteiger partial charge < -0.3 is 4.74 Å². The molecular formula is C13H9F3N2O5S. The highest BCUT2D eigenvalue weighted by atomic mass is 32.2. The number of non-ortho nitro benzene ring substituents is 1. The van der Waals surface area contributed by atoms with Gasteiger partial charge in [0.25, 0.3) is 15.7 Å². The van der Waals surface area contributed by atoms with Crippen LogP contribution in [0.4, 0.5) is 24.5 Å². The molecule has 0 radical (unpaired) electrons. The Balaban J connectivity index is 2.24. The Hall–Kier alpha value is -2.82.